The SMILES string of the molecule is COc1cc(OC)c(S(=O)(=O)NC2CCNCC2C)c(OC)c1. The Morgan fingerprint density at radius 3 is 2.22 bits per heavy atom. The number of methoxy groups -OCH3 is 3. The number of piperidine rings is 1. The second kappa shape index (κ2) is 7.37. The average Bonchev–Trinajstić information content (AvgIpc) is 2.55. The van der Waals surface area contributed by atoms with E-state index in [0.29, 0.717) is 5.75 Å². The van der Waals surface area contributed by atoms with Gasteiger partial charge in [0.25, 0.3) is 0 Å². The van der Waals surface area contributed by atoms with Gasteiger partial charge >= 0.3 is 0 Å². The van der Waals surface area contributed by atoms with Crippen molar-refractivity contribution >= 4 is 10.0 Å². The Labute approximate surface area is 137 Å². The van der Waals surface area contributed by atoms with E-state index in [1.54, 1.807) is 0 Å². The molecular weight excluding hydrogens is 320 g/mol. The van der Waals surface area contributed by atoms with Crippen LogP contribution in [-0.2, 0) is 10.0 Å². The summed E-state index contributed by atoms with van der Waals surface area (Å²) in [5.41, 5.74) is 0. The fraction of sp³-hybridized carbons (Fsp3) is 0.600. The summed E-state index contributed by atoms with van der Waals surface area (Å²) < 4.78 is 44.2. The molecule has 0 saturated carbocycles. The van der Waals surface area contributed by atoms with E-state index in [9.17, 15) is 8.42 Å². The molecule has 0 amide bonds. The van der Waals surface area contributed by atoms with Gasteiger partial charge < -0.3 is 19.5 Å². The zero-order valence-corrected chi connectivity index (χ0v) is 14.7. The molecule has 1 aromatic carbocycles. The van der Waals surface area contributed by atoms with Crippen LogP contribution in [0.2, 0.25) is 0 Å². The first-order valence-electron chi connectivity index (χ1n) is 7.46. The summed E-state index contributed by atoms with van der Waals surface area (Å²) in [7, 11) is 0.545. The largest absolute Gasteiger partial charge is 0.496 e. The van der Waals surface area contributed by atoms with Crippen LogP contribution in [0.25, 0.3) is 0 Å². The second-order valence-electron chi connectivity index (χ2n) is 5.56. The molecule has 2 N–H and O–H groups in total. The minimum absolute atomic E-state index is 0.00553. The molecule has 1 fully saturated rings. The van der Waals surface area contributed by atoms with E-state index in [4.69, 9.17) is 14.2 Å². The molecular formula is C15H24N2O5S. The van der Waals surface area contributed by atoms with Gasteiger partial charge in [-0.25, -0.2) is 13.1 Å². The maximum atomic E-state index is 12.9. The number of hydrogen-bond donors (Lipinski definition) is 2. The van der Waals surface area contributed by atoms with Crippen LogP contribution < -0.4 is 24.2 Å². The van der Waals surface area contributed by atoms with Crippen molar-refractivity contribution < 1.29 is 22.6 Å². The molecule has 1 aliphatic rings. The fourth-order valence-corrected chi connectivity index (χ4v) is 4.37. The third kappa shape index (κ3) is 3.88. The Kier molecular flexibility index (Phi) is 5.72. The van der Waals surface area contributed by atoms with E-state index in [-0.39, 0.29) is 28.4 Å². The van der Waals surface area contributed by atoms with Gasteiger partial charge in [-0.05, 0) is 25.4 Å². The topological polar surface area (TPSA) is 85.9 Å². The Morgan fingerprint density at radius 2 is 1.74 bits per heavy atom. The normalized spacial score (nSPS) is 21.7. The molecule has 2 rings (SSSR count). The summed E-state index contributed by atoms with van der Waals surface area (Å²) in [4.78, 5) is -0.00553. The third-order valence-corrected chi connectivity index (χ3v) is 5.58. The third-order valence-electron chi connectivity index (χ3n) is 4.03. The molecule has 1 aromatic rings. The van der Waals surface area contributed by atoms with E-state index in [2.05, 4.69) is 10.0 Å². The van der Waals surface area contributed by atoms with Crippen LogP contribution in [0.1, 0.15) is 13.3 Å². The summed E-state index contributed by atoms with van der Waals surface area (Å²) in [5, 5.41) is 3.25. The second-order valence-corrected chi connectivity index (χ2v) is 7.21. The van der Waals surface area contributed by atoms with Crippen molar-refractivity contribution in [3.63, 3.8) is 0 Å². The van der Waals surface area contributed by atoms with Crippen LogP contribution in [0.5, 0.6) is 17.2 Å². The van der Waals surface area contributed by atoms with Crippen molar-refractivity contribution in [2.24, 2.45) is 5.92 Å². The minimum Gasteiger partial charge on any atom is -0.496 e. The molecule has 0 aromatic heterocycles. The molecule has 2 atom stereocenters. The fourth-order valence-electron chi connectivity index (χ4n) is 2.69. The number of nitrogens with one attached hydrogen (secondary N) is 2. The number of ether oxygens (including phenoxy) is 3. The number of sulfonamides is 1. The maximum Gasteiger partial charge on any atom is 0.248 e. The van der Waals surface area contributed by atoms with Crippen LogP contribution in [0.4, 0.5) is 0 Å². The van der Waals surface area contributed by atoms with Crippen molar-refractivity contribution in [3.8, 4) is 17.2 Å². The Hall–Kier alpha value is -1.51. The molecule has 8 heteroatoms. The van der Waals surface area contributed by atoms with Crippen molar-refractivity contribution in [1.82, 2.24) is 10.0 Å². The van der Waals surface area contributed by atoms with Crippen molar-refractivity contribution in [2.45, 2.75) is 24.3 Å². The molecule has 1 saturated heterocycles. The Morgan fingerprint density at radius 1 is 1.13 bits per heavy atom. The lowest BCUT2D eigenvalue weighted by Gasteiger charge is -2.30. The van der Waals surface area contributed by atoms with Crippen molar-refractivity contribution in [2.75, 3.05) is 34.4 Å². The van der Waals surface area contributed by atoms with E-state index >= 15 is 0 Å². The molecule has 130 valence electrons. The number of benzene rings is 1. The maximum absolute atomic E-state index is 12.9. The van der Waals surface area contributed by atoms with Gasteiger partial charge in [-0.1, -0.05) is 6.92 Å². The first-order valence-corrected chi connectivity index (χ1v) is 8.94. The first-order chi connectivity index (χ1) is 10.9. The molecule has 23 heavy (non-hydrogen) atoms. The molecule has 0 radical (unpaired) electrons. The van der Waals surface area contributed by atoms with Crippen LogP contribution in [0.15, 0.2) is 17.0 Å². The summed E-state index contributed by atoms with van der Waals surface area (Å²) >= 11 is 0. The van der Waals surface area contributed by atoms with Crippen molar-refractivity contribution in [1.29, 1.82) is 0 Å². The molecule has 0 bridgehead atoms. The summed E-state index contributed by atoms with van der Waals surface area (Å²) in [5.74, 6) is 1.05. The number of rotatable bonds is 6. The van der Waals surface area contributed by atoms with Crippen LogP contribution >= 0.6 is 0 Å². The highest BCUT2D eigenvalue weighted by Crippen LogP contribution is 2.37. The monoisotopic (exact) mass is 344 g/mol. The zero-order valence-electron chi connectivity index (χ0n) is 13.9. The smallest absolute Gasteiger partial charge is 0.248 e. The molecule has 0 aliphatic carbocycles. The Bertz CT molecular complexity index is 622. The number of hydrogen-bond acceptors (Lipinski definition) is 6. The highest BCUT2D eigenvalue weighted by molar-refractivity contribution is 7.89. The van der Waals surface area contributed by atoms with Gasteiger partial charge in [-0.2, -0.15) is 0 Å². The van der Waals surface area contributed by atoms with Gasteiger partial charge in [0.05, 0.1) is 21.3 Å². The molecule has 0 spiro atoms. The lowest BCUT2D eigenvalue weighted by Crippen LogP contribution is -2.48. The molecule has 7 nitrogen and oxygen atoms in total. The van der Waals surface area contributed by atoms with Gasteiger partial charge in [-0.15, -0.1) is 0 Å². The predicted molar refractivity (Wildman–Crippen MR) is 86.9 cm³/mol. The van der Waals surface area contributed by atoms with Crippen LogP contribution in [0, 0.1) is 5.92 Å². The summed E-state index contributed by atoms with van der Waals surface area (Å²) in [6, 6.07) is 2.93. The lowest BCUT2D eigenvalue weighted by atomic mass is 9.97. The quantitative estimate of drug-likeness (QED) is 0.800. The van der Waals surface area contributed by atoms with E-state index < -0.39 is 10.0 Å². The summed E-state index contributed by atoms with van der Waals surface area (Å²) in [6.45, 7) is 3.58. The van der Waals surface area contributed by atoms with E-state index in [1.165, 1.54) is 33.5 Å². The molecule has 1 heterocycles. The van der Waals surface area contributed by atoms with Crippen LogP contribution in [0.3, 0.4) is 0 Å². The predicted octanol–water partition coefficient (Wildman–Crippen LogP) is 0.989. The average molecular weight is 344 g/mol. The molecule has 2 unspecified atom stereocenters. The van der Waals surface area contributed by atoms with Crippen molar-refractivity contribution in [3.05, 3.63) is 12.1 Å². The standard InChI is InChI=1S/C15H24N2O5S/c1-10-9-16-6-5-12(10)17-23(18,19)15-13(21-3)7-11(20-2)8-14(15)22-4/h7-8,10,12,16-17H,5-6,9H2,1-4H3. The van der Waals surface area contributed by atoms with E-state index in [1.807, 2.05) is 6.92 Å². The lowest BCUT2D eigenvalue weighted by molar-refractivity contribution is 0.325. The van der Waals surface area contributed by atoms with Gasteiger partial charge in [0.1, 0.15) is 17.2 Å². The Balaban J connectivity index is 2.41. The van der Waals surface area contributed by atoms with Gasteiger partial charge in [0.2, 0.25) is 10.0 Å². The highest BCUT2D eigenvalue weighted by Gasteiger charge is 2.31. The van der Waals surface area contributed by atoms with Gasteiger partial charge in [-0.3, -0.25) is 0 Å². The zero-order chi connectivity index (χ0) is 17.0. The first kappa shape index (κ1) is 17.8. The highest BCUT2D eigenvalue weighted by atomic mass is 32.2. The molecule has 1 aliphatic heterocycles. The van der Waals surface area contributed by atoms with Gasteiger partial charge in [0, 0.05) is 18.2 Å². The summed E-state index contributed by atoms with van der Waals surface area (Å²) in [6.07, 6.45) is 0.737. The van der Waals surface area contributed by atoms with E-state index in [0.717, 1.165) is 19.5 Å². The minimum atomic E-state index is -3.79. The van der Waals surface area contributed by atoms with Gasteiger partial charge in [0.15, 0.2) is 4.90 Å². The van der Waals surface area contributed by atoms with Crippen LogP contribution in [-0.4, -0.2) is 48.9 Å².